The molecule has 2 amide bonds. The van der Waals surface area contributed by atoms with Crippen LogP contribution in [0.3, 0.4) is 0 Å². The Bertz CT molecular complexity index is 621. The van der Waals surface area contributed by atoms with Crippen LogP contribution in [0.4, 0.5) is 13.2 Å². The summed E-state index contributed by atoms with van der Waals surface area (Å²) in [5.74, 6) is -0.126. The third kappa shape index (κ3) is 6.56. The van der Waals surface area contributed by atoms with Crippen molar-refractivity contribution in [2.45, 2.75) is 51.6 Å². The summed E-state index contributed by atoms with van der Waals surface area (Å²) in [4.78, 5) is 26.2. The lowest BCUT2D eigenvalue weighted by molar-refractivity contribution is -0.137. The van der Waals surface area contributed by atoms with E-state index in [1.807, 2.05) is 0 Å². The normalized spacial score (nSPS) is 15.6. The van der Waals surface area contributed by atoms with Crippen LogP contribution >= 0.6 is 0 Å². The lowest BCUT2D eigenvalue weighted by atomic mass is 9.95. The van der Waals surface area contributed by atoms with Gasteiger partial charge in [-0.1, -0.05) is 31.9 Å². The van der Waals surface area contributed by atoms with E-state index in [4.69, 9.17) is 0 Å². The molecular formula is C20H27F3N2O2. The monoisotopic (exact) mass is 384 g/mol. The van der Waals surface area contributed by atoms with Gasteiger partial charge in [0.15, 0.2) is 0 Å². The molecule has 2 rings (SSSR count). The van der Waals surface area contributed by atoms with Crippen LogP contribution in [0.15, 0.2) is 24.3 Å². The highest BCUT2D eigenvalue weighted by Crippen LogP contribution is 2.29. The van der Waals surface area contributed by atoms with Crippen LogP contribution in [0.25, 0.3) is 0 Å². The minimum Gasteiger partial charge on any atom is -0.356 e. The Hall–Kier alpha value is -2.05. The van der Waals surface area contributed by atoms with Gasteiger partial charge in [-0.2, -0.15) is 13.2 Å². The van der Waals surface area contributed by atoms with Gasteiger partial charge in [0.25, 0.3) is 0 Å². The molecule has 1 aromatic rings. The van der Waals surface area contributed by atoms with E-state index in [-0.39, 0.29) is 24.2 Å². The molecule has 1 heterocycles. The summed E-state index contributed by atoms with van der Waals surface area (Å²) < 4.78 is 37.7. The van der Waals surface area contributed by atoms with E-state index >= 15 is 0 Å². The van der Waals surface area contributed by atoms with Crippen molar-refractivity contribution in [3.8, 4) is 0 Å². The van der Waals surface area contributed by atoms with Gasteiger partial charge in [0.2, 0.25) is 11.8 Å². The number of halogens is 3. The van der Waals surface area contributed by atoms with Crippen molar-refractivity contribution in [2.75, 3.05) is 19.6 Å². The maximum Gasteiger partial charge on any atom is 0.416 e. The third-order valence-electron chi connectivity index (χ3n) is 4.93. The fraction of sp³-hybridized carbons (Fsp3) is 0.600. The highest BCUT2D eigenvalue weighted by Gasteiger charge is 2.30. The first kappa shape index (κ1) is 21.3. The summed E-state index contributed by atoms with van der Waals surface area (Å²) in [6, 6.07) is 4.68. The van der Waals surface area contributed by atoms with E-state index in [0.717, 1.165) is 31.4 Å². The number of carbonyl (C=O) groups excluding carboxylic acids is 2. The highest BCUT2D eigenvalue weighted by atomic mass is 19.4. The van der Waals surface area contributed by atoms with E-state index in [0.29, 0.717) is 38.0 Å². The number of likely N-dealkylation sites (tertiary alicyclic amines) is 1. The zero-order chi connectivity index (χ0) is 19.9. The van der Waals surface area contributed by atoms with E-state index < -0.39 is 11.7 Å². The molecule has 0 aromatic heterocycles. The Morgan fingerprint density at radius 2 is 1.74 bits per heavy atom. The van der Waals surface area contributed by atoms with Crippen molar-refractivity contribution < 1.29 is 22.8 Å². The zero-order valence-electron chi connectivity index (χ0n) is 15.6. The van der Waals surface area contributed by atoms with E-state index in [2.05, 4.69) is 12.2 Å². The van der Waals surface area contributed by atoms with Crippen LogP contribution in [0.5, 0.6) is 0 Å². The molecule has 4 nitrogen and oxygen atoms in total. The van der Waals surface area contributed by atoms with Crippen LogP contribution in [0, 0.1) is 5.92 Å². The zero-order valence-corrected chi connectivity index (χ0v) is 15.6. The molecule has 1 N–H and O–H groups in total. The van der Waals surface area contributed by atoms with Gasteiger partial charge in [0, 0.05) is 25.6 Å². The molecule has 1 saturated heterocycles. The van der Waals surface area contributed by atoms with Crippen molar-refractivity contribution in [1.82, 2.24) is 10.2 Å². The summed E-state index contributed by atoms with van der Waals surface area (Å²) in [7, 11) is 0. The number of carbonyl (C=O) groups is 2. The Labute approximate surface area is 158 Å². The van der Waals surface area contributed by atoms with Crippen molar-refractivity contribution in [3.63, 3.8) is 0 Å². The Morgan fingerprint density at radius 3 is 2.30 bits per heavy atom. The highest BCUT2D eigenvalue weighted by molar-refractivity contribution is 5.81. The molecule has 7 heteroatoms. The van der Waals surface area contributed by atoms with Gasteiger partial charge < -0.3 is 10.2 Å². The van der Waals surface area contributed by atoms with Gasteiger partial charge in [0.05, 0.1) is 12.0 Å². The lowest BCUT2D eigenvalue weighted by Gasteiger charge is -2.31. The standard InChI is InChI=1S/C20H27F3N2O2/c1-2-3-4-11-24-19(27)16-9-12-25(13-10-16)18(26)14-15-5-7-17(8-6-15)20(21,22)23/h5-8,16H,2-4,9-14H2,1H3,(H,24,27). The molecule has 1 aliphatic rings. The maximum absolute atomic E-state index is 12.6. The molecule has 1 aliphatic heterocycles. The fourth-order valence-electron chi connectivity index (χ4n) is 3.22. The summed E-state index contributed by atoms with van der Waals surface area (Å²) >= 11 is 0. The molecule has 27 heavy (non-hydrogen) atoms. The number of piperidine rings is 1. The van der Waals surface area contributed by atoms with Gasteiger partial charge in [0.1, 0.15) is 0 Å². The maximum atomic E-state index is 12.6. The summed E-state index contributed by atoms with van der Waals surface area (Å²) in [5, 5.41) is 2.95. The van der Waals surface area contributed by atoms with Gasteiger partial charge in [-0.05, 0) is 37.0 Å². The predicted octanol–water partition coefficient (Wildman–Crippen LogP) is 3.79. The molecular weight excluding hydrogens is 357 g/mol. The Morgan fingerprint density at radius 1 is 1.11 bits per heavy atom. The van der Waals surface area contributed by atoms with Crippen molar-refractivity contribution in [3.05, 3.63) is 35.4 Å². The Kier molecular flexibility index (Phi) is 7.68. The molecule has 0 atom stereocenters. The first-order valence-corrected chi connectivity index (χ1v) is 9.53. The number of rotatable bonds is 7. The second kappa shape index (κ2) is 9.76. The predicted molar refractivity (Wildman–Crippen MR) is 97.0 cm³/mol. The first-order chi connectivity index (χ1) is 12.8. The van der Waals surface area contributed by atoms with Gasteiger partial charge in [-0.15, -0.1) is 0 Å². The van der Waals surface area contributed by atoms with Crippen LogP contribution in [0.2, 0.25) is 0 Å². The molecule has 0 spiro atoms. The van der Waals surface area contributed by atoms with Crippen LogP contribution < -0.4 is 5.32 Å². The number of benzene rings is 1. The smallest absolute Gasteiger partial charge is 0.356 e. The van der Waals surface area contributed by atoms with Gasteiger partial charge in [-0.3, -0.25) is 9.59 Å². The quantitative estimate of drug-likeness (QED) is 0.727. The van der Waals surface area contributed by atoms with Crippen LogP contribution in [-0.2, 0) is 22.2 Å². The molecule has 0 unspecified atom stereocenters. The number of hydrogen-bond acceptors (Lipinski definition) is 2. The van der Waals surface area contributed by atoms with Gasteiger partial charge >= 0.3 is 6.18 Å². The Balaban J connectivity index is 1.77. The SMILES string of the molecule is CCCCCNC(=O)C1CCN(C(=O)Cc2ccc(C(F)(F)F)cc2)CC1. The minimum absolute atomic E-state index is 0.0564. The van der Waals surface area contributed by atoms with E-state index in [1.54, 1.807) is 4.90 Å². The number of alkyl halides is 3. The second-order valence-corrected chi connectivity index (χ2v) is 7.02. The number of hydrogen-bond donors (Lipinski definition) is 1. The van der Waals surface area contributed by atoms with Crippen molar-refractivity contribution >= 4 is 11.8 Å². The number of nitrogens with one attached hydrogen (secondary N) is 1. The molecule has 0 bridgehead atoms. The number of unbranched alkanes of at least 4 members (excludes halogenated alkanes) is 2. The molecule has 1 fully saturated rings. The summed E-state index contributed by atoms with van der Waals surface area (Å²) in [6.45, 7) is 3.82. The van der Waals surface area contributed by atoms with E-state index in [9.17, 15) is 22.8 Å². The fourth-order valence-corrected chi connectivity index (χ4v) is 3.22. The summed E-state index contributed by atoms with van der Waals surface area (Å²) in [6.07, 6.45) is 0.128. The molecule has 1 aromatic carbocycles. The van der Waals surface area contributed by atoms with Crippen molar-refractivity contribution in [1.29, 1.82) is 0 Å². The van der Waals surface area contributed by atoms with Crippen molar-refractivity contribution in [2.24, 2.45) is 5.92 Å². The number of nitrogens with zero attached hydrogens (tertiary/aromatic N) is 1. The first-order valence-electron chi connectivity index (χ1n) is 9.53. The number of amides is 2. The summed E-state index contributed by atoms with van der Waals surface area (Å²) in [5.41, 5.74) is -0.159. The van der Waals surface area contributed by atoms with E-state index in [1.165, 1.54) is 12.1 Å². The largest absolute Gasteiger partial charge is 0.416 e. The average Bonchev–Trinajstić information content (AvgIpc) is 2.65. The average molecular weight is 384 g/mol. The molecule has 0 aliphatic carbocycles. The minimum atomic E-state index is -4.37. The molecule has 0 radical (unpaired) electrons. The van der Waals surface area contributed by atoms with Crippen LogP contribution in [0.1, 0.15) is 50.2 Å². The topological polar surface area (TPSA) is 49.4 Å². The molecule has 0 saturated carbocycles. The lowest BCUT2D eigenvalue weighted by Crippen LogP contribution is -2.43. The molecule has 150 valence electrons. The van der Waals surface area contributed by atoms with Crippen LogP contribution in [-0.4, -0.2) is 36.3 Å². The van der Waals surface area contributed by atoms with Gasteiger partial charge in [-0.25, -0.2) is 0 Å². The second-order valence-electron chi connectivity index (χ2n) is 7.02. The third-order valence-corrected chi connectivity index (χ3v) is 4.93.